The van der Waals surface area contributed by atoms with Crippen LogP contribution >= 0.6 is 0 Å². The van der Waals surface area contributed by atoms with Crippen LogP contribution in [0.3, 0.4) is 0 Å². The monoisotopic (exact) mass is 413 g/mol. The Morgan fingerprint density at radius 1 is 1.00 bits per heavy atom. The lowest BCUT2D eigenvalue weighted by Crippen LogP contribution is -2.39. The zero-order valence-electron chi connectivity index (χ0n) is 16.7. The number of amides is 1. The van der Waals surface area contributed by atoms with E-state index in [-0.39, 0.29) is 11.4 Å². The van der Waals surface area contributed by atoms with Crippen molar-refractivity contribution in [2.45, 2.75) is 50.3 Å². The van der Waals surface area contributed by atoms with Gasteiger partial charge in [0.15, 0.2) is 0 Å². The molecule has 0 saturated heterocycles. The first kappa shape index (κ1) is 21.0. The Labute approximate surface area is 172 Å². The van der Waals surface area contributed by atoms with Crippen LogP contribution in [-0.4, -0.2) is 26.6 Å². The van der Waals surface area contributed by atoms with Gasteiger partial charge in [-0.3, -0.25) is 9.10 Å². The van der Waals surface area contributed by atoms with Gasteiger partial charge in [-0.25, -0.2) is 13.8 Å². The third-order valence-corrected chi connectivity index (χ3v) is 6.81. The predicted molar refractivity (Wildman–Crippen MR) is 115 cm³/mol. The largest absolute Gasteiger partial charge is 0.271 e. The van der Waals surface area contributed by atoms with Crippen LogP contribution in [0.5, 0.6) is 0 Å². The number of nitrogens with zero attached hydrogens (tertiary/aromatic N) is 2. The van der Waals surface area contributed by atoms with Gasteiger partial charge in [0, 0.05) is 5.71 Å². The molecule has 1 saturated carbocycles. The lowest BCUT2D eigenvalue weighted by molar-refractivity contribution is -0.119. The normalized spacial score (nSPS) is 14.3. The van der Waals surface area contributed by atoms with E-state index in [1.54, 1.807) is 30.3 Å². The molecular formula is C22H27N3O3S. The molecule has 0 aromatic heterocycles. The maximum absolute atomic E-state index is 13.2. The van der Waals surface area contributed by atoms with E-state index in [0.717, 1.165) is 47.7 Å². The third-order valence-electron chi connectivity index (χ3n) is 5.02. The number of anilines is 1. The second kappa shape index (κ2) is 9.69. The fraction of sp³-hybridized carbons (Fsp3) is 0.364. The standard InChI is InChI=1S/C22H27N3O3S/c1-2-18-13-15-20(16-14-18)25(29(27,28)21-11-7-4-8-12-21)17-22(26)24-23-19-9-5-3-6-10-19/h4,7-8,11-16H,2-3,5-6,9-10,17H2,1H3,(H,24,26). The second-order valence-electron chi connectivity index (χ2n) is 7.12. The van der Waals surface area contributed by atoms with Crippen LogP contribution < -0.4 is 9.73 Å². The van der Waals surface area contributed by atoms with Gasteiger partial charge < -0.3 is 0 Å². The SMILES string of the molecule is CCc1ccc(N(CC(=O)NN=C2CCCCC2)S(=O)(=O)c2ccccc2)cc1. The first-order valence-electron chi connectivity index (χ1n) is 10.0. The van der Waals surface area contributed by atoms with Gasteiger partial charge in [-0.1, -0.05) is 43.7 Å². The highest BCUT2D eigenvalue weighted by molar-refractivity contribution is 7.92. The number of sulfonamides is 1. The predicted octanol–water partition coefficient (Wildman–Crippen LogP) is 3.88. The van der Waals surface area contributed by atoms with E-state index in [1.165, 1.54) is 18.6 Å². The molecule has 1 amide bonds. The van der Waals surface area contributed by atoms with E-state index in [4.69, 9.17) is 0 Å². The molecule has 1 aliphatic carbocycles. The van der Waals surface area contributed by atoms with Crippen molar-refractivity contribution in [3.05, 3.63) is 60.2 Å². The molecule has 3 rings (SSSR count). The number of carbonyl (C=O) groups excluding carboxylic acids is 1. The van der Waals surface area contributed by atoms with Crippen molar-refractivity contribution >= 4 is 27.3 Å². The molecule has 0 spiro atoms. The Bertz CT molecular complexity index is 947. The summed E-state index contributed by atoms with van der Waals surface area (Å²) in [5.41, 5.74) is 5.06. The van der Waals surface area contributed by atoms with Crippen LogP contribution in [0.15, 0.2) is 64.6 Å². The molecule has 2 aromatic carbocycles. The van der Waals surface area contributed by atoms with Crippen molar-refractivity contribution < 1.29 is 13.2 Å². The van der Waals surface area contributed by atoms with Crippen molar-refractivity contribution in [1.29, 1.82) is 0 Å². The van der Waals surface area contributed by atoms with Gasteiger partial charge in [0.05, 0.1) is 10.6 Å². The van der Waals surface area contributed by atoms with E-state index in [1.807, 2.05) is 19.1 Å². The number of aryl methyl sites for hydroxylation is 1. The molecule has 6 nitrogen and oxygen atoms in total. The molecule has 29 heavy (non-hydrogen) atoms. The molecule has 0 unspecified atom stereocenters. The maximum atomic E-state index is 13.2. The molecule has 0 radical (unpaired) electrons. The van der Waals surface area contributed by atoms with Crippen molar-refractivity contribution in [1.82, 2.24) is 5.43 Å². The summed E-state index contributed by atoms with van der Waals surface area (Å²) in [5.74, 6) is -0.456. The van der Waals surface area contributed by atoms with Crippen molar-refractivity contribution in [2.24, 2.45) is 5.10 Å². The maximum Gasteiger partial charge on any atom is 0.264 e. The number of rotatable bonds is 7. The van der Waals surface area contributed by atoms with Crippen molar-refractivity contribution in [2.75, 3.05) is 10.8 Å². The number of carbonyl (C=O) groups is 1. The number of nitrogens with one attached hydrogen (secondary N) is 1. The minimum absolute atomic E-state index is 0.144. The topological polar surface area (TPSA) is 78.8 Å². The van der Waals surface area contributed by atoms with Crippen LogP contribution in [0.2, 0.25) is 0 Å². The fourth-order valence-corrected chi connectivity index (χ4v) is 4.75. The van der Waals surface area contributed by atoms with Crippen LogP contribution in [0.4, 0.5) is 5.69 Å². The van der Waals surface area contributed by atoms with Gasteiger partial charge in [0.25, 0.3) is 15.9 Å². The minimum atomic E-state index is -3.89. The Morgan fingerprint density at radius 3 is 2.28 bits per heavy atom. The van der Waals surface area contributed by atoms with Crippen LogP contribution in [-0.2, 0) is 21.2 Å². The van der Waals surface area contributed by atoms with Gasteiger partial charge in [0.2, 0.25) is 0 Å². The average Bonchev–Trinajstić information content (AvgIpc) is 2.77. The summed E-state index contributed by atoms with van der Waals surface area (Å²) in [4.78, 5) is 12.7. The van der Waals surface area contributed by atoms with Gasteiger partial charge in [-0.15, -0.1) is 0 Å². The molecule has 0 bridgehead atoms. The summed E-state index contributed by atoms with van der Waals surface area (Å²) in [5, 5.41) is 4.21. The Kier molecular flexibility index (Phi) is 7.04. The highest BCUT2D eigenvalue weighted by Gasteiger charge is 2.27. The summed E-state index contributed by atoms with van der Waals surface area (Å²) in [7, 11) is -3.89. The minimum Gasteiger partial charge on any atom is -0.271 e. The number of hydrogen-bond donors (Lipinski definition) is 1. The zero-order chi connectivity index (χ0) is 20.7. The number of hydrazone groups is 1. The molecule has 154 valence electrons. The molecule has 7 heteroatoms. The van der Waals surface area contributed by atoms with Crippen LogP contribution in [0.1, 0.15) is 44.6 Å². The van der Waals surface area contributed by atoms with E-state index >= 15 is 0 Å². The lowest BCUT2D eigenvalue weighted by atomic mass is 9.99. The zero-order valence-corrected chi connectivity index (χ0v) is 17.5. The first-order chi connectivity index (χ1) is 14.0. The molecule has 2 aromatic rings. The van der Waals surface area contributed by atoms with Crippen molar-refractivity contribution in [3.63, 3.8) is 0 Å². The van der Waals surface area contributed by atoms with Gasteiger partial charge in [0.1, 0.15) is 6.54 Å². The quantitative estimate of drug-likeness (QED) is 0.700. The average molecular weight is 414 g/mol. The summed E-state index contributed by atoms with van der Waals surface area (Å²) >= 11 is 0. The van der Waals surface area contributed by atoms with Crippen LogP contribution in [0, 0.1) is 0 Å². The molecular weight excluding hydrogens is 386 g/mol. The molecule has 1 aliphatic rings. The Hall–Kier alpha value is -2.67. The summed E-state index contributed by atoms with van der Waals surface area (Å²) in [6.45, 7) is 1.70. The summed E-state index contributed by atoms with van der Waals surface area (Å²) < 4.78 is 27.6. The van der Waals surface area contributed by atoms with E-state index in [2.05, 4.69) is 10.5 Å². The summed E-state index contributed by atoms with van der Waals surface area (Å²) in [6, 6.07) is 15.4. The van der Waals surface area contributed by atoms with Gasteiger partial charge >= 0.3 is 0 Å². The first-order valence-corrected chi connectivity index (χ1v) is 11.5. The smallest absolute Gasteiger partial charge is 0.264 e. The third kappa shape index (κ3) is 5.44. The second-order valence-corrected chi connectivity index (χ2v) is 8.98. The fourth-order valence-electron chi connectivity index (χ4n) is 3.31. The summed E-state index contributed by atoms with van der Waals surface area (Å²) in [6.07, 6.45) is 5.95. The molecule has 0 heterocycles. The lowest BCUT2D eigenvalue weighted by Gasteiger charge is -2.24. The molecule has 1 N–H and O–H groups in total. The van der Waals surface area contributed by atoms with Gasteiger partial charge in [-0.05, 0) is 61.9 Å². The van der Waals surface area contributed by atoms with Gasteiger partial charge in [-0.2, -0.15) is 5.10 Å². The van der Waals surface area contributed by atoms with E-state index in [9.17, 15) is 13.2 Å². The molecule has 0 aliphatic heterocycles. The molecule has 1 fully saturated rings. The molecule has 0 atom stereocenters. The van der Waals surface area contributed by atoms with Crippen molar-refractivity contribution in [3.8, 4) is 0 Å². The number of hydrogen-bond acceptors (Lipinski definition) is 4. The van der Waals surface area contributed by atoms with E-state index in [0.29, 0.717) is 5.69 Å². The Morgan fingerprint density at radius 2 is 1.66 bits per heavy atom. The highest BCUT2D eigenvalue weighted by Crippen LogP contribution is 2.24. The Balaban J connectivity index is 1.85. The highest BCUT2D eigenvalue weighted by atomic mass is 32.2. The van der Waals surface area contributed by atoms with Crippen LogP contribution in [0.25, 0.3) is 0 Å². The number of benzene rings is 2. The van der Waals surface area contributed by atoms with E-state index < -0.39 is 15.9 Å².